The summed E-state index contributed by atoms with van der Waals surface area (Å²) in [5.41, 5.74) is 0.288. The first kappa shape index (κ1) is 14.9. The van der Waals surface area contributed by atoms with Crippen molar-refractivity contribution in [2.45, 2.75) is 50.7 Å². The molecule has 1 saturated carbocycles. The van der Waals surface area contributed by atoms with Crippen LogP contribution in [0.5, 0.6) is 0 Å². The number of hydrogen-bond acceptors (Lipinski definition) is 2. The zero-order valence-corrected chi connectivity index (χ0v) is 12.5. The molecule has 0 bridgehead atoms. The maximum atomic E-state index is 14.0. The minimum atomic E-state index is -0.543. The Bertz CT molecular complexity index is 498. The van der Waals surface area contributed by atoms with Crippen molar-refractivity contribution >= 4 is 0 Å². The molecule has 1 aromatic carbocycles. The Hall–Kier alpha value is -1.00. The largest absolute Gasteiger partial charge is 0.364 e. The van der Waals surface area contributed by atoms with E-state index < -0.39 is 11.6 Å². The molecule has 0 amide bonds. The summed E-state index contributed by atoms with van der Waals surface area (Å²) in [6.45, 7) is 3.66. The molecule has 1 spiro atoms. The van der Waals surface area contributed by atoms with Crippen LogP contribution in [-0.2, 0) is 4.74 Å². The number of halogens is 2. The number of ether oxygens (including phenoxy) is 1. The maximum absolute atomic E-state index is 14.0. The quantitative estimate of drug-likeness (QED) is 0.891. The molecule has 21 heavy (non-hydrogen) atoms. The fraction of sp³-hybridized carbons (Fsp3) is 0.647. The van der Waals surface area contributed by atoms with Crippen LogP contribution < -0.4 is 5.32 Å². The van der Waals surface area contributed by atoms with Gasteiger partial charge in [0.15, 0.2) is 0 Å². The Morgan fingerprint density at radius 2 is 2.05 bits per heavy atom. The minimum absolute atomic E-state index is 0.171. The van der Waals surface area contributed by atoms with Crippen LogP contribution in [0, 0.1) is 17.6 Å². The molecule has 1 aliphatic carbocycles. The monoisotopic (exact) mass is 295 g/mol. The van der Waals surface area contributed by atoms with Gasteiger partial charge >= 0.3 is 0 Å². The van der Waals surface area contributed by atoms with Crippen LogP contribution in [0.15, 0.2) is 18.2 Å². The molecular formula is C17H23F2NO. The van der Waals surface area contributed by atoms with Crippen molar-refractivity contribution in [3.63, 3.8) is 0 Å². The summed E-state index contributed by atoms with van der Waals surface area (Å²) in [6, 6.07) is 3.75. The first-order valence-corrected chi connectivity index (χ1v) is 7.95. The lowest BCUT2D eigenvalue weighted by atomic mass is 9.77. The third-order valence-corrected chi connectivity index (χ3v) is 5.07. The highest BCUT2D eigenvalue weighted by molar-refractivity contribution is 5.22. The van der Waals surface area contributed by atoms with Crippen molar-refractivity contribution in [2.24, 2.45) is 5.92 Å². The molecule has 2 fully saturated rings. The lowest BCUT2D eigenvalue weighted by molar-refractivity contribution is -0.142. The van der Waals surface area contributed by atoms with E-state index in [0.717, 1.165) is 31.4 Å². The molecule has 1 unspecified atom stereocenters. The first-order chi connectivity index (χ1) is 10.1. The number of hydrogen-bond donors (Lipinski definition) is 1. The molecule has 116 valence electrons. The van der Waals surface area contributed by atoms with E-state index in [1.54, 1.807) is 0 Å². The van der Waals surface area contributed by atoms with E-state index in [0.29, 0.717) is 12.1 Å². The van der Waals surface area contributed by atoms with Crippen LogP contribution in [-0.4, -0.2) is 18.7 Å². The highest BCUT2D eigenvalue weighted by atomic mass is 19.1. The first-order valence-electron chi connectivity index (χ1n) is 7.95. The Morgan fingerprint density at radius 3 is 2.71 bits per heavy atom. The molecule has 1 N–H and O–H groups in total. The molecule has 1 atom stereocenters. The molecule has 3 rings (SSSR count). The predicted octanol–water partition coefficient (Wildman–Crippen LogP) is 3.96. The molecule has 0 radical (unpaired) electrons. The Balaban J connectivity index is 1.74. The van der Waals surface area contributed by atoms with Crippen LogP contribution in [0.25, 0.3) is 0 Å². The lowest BCUT2D eigenvalue weighted by Gasteiger charge is -2.46. The molecule has 1 aliphatic heterocycles. The third-order valence-electron chi connectivity index (χ3n) is 5.07. The summed E-state index contributed by atoms with van der Waals surface area (Å²) in [4.78, 5) is 0. The second kappa shape index (κ2) is 6.01. The molecule has 4 heteroatoms. The number of nitrogens with one attached hydrogen (secondary N) is 1. The second-order valence-electron chi connectivity index (χ2n) is 6.44. The summed E-state index contributed by atoms with van der Waals surface area (Å²) in [6.07, 6.45) is 5.31. The number of rotatable bonds is 2. The van der Waals surface area contributed by atoms with Gasteiger partial charge in [-0.1, -0.05) is 19.4 Å². The van der Waals surface area contributed by atoms with Gasteiger partial charge in [-0.3, -0.25) is 0 Å². The van der Waals surface area contributed by atoms with Crippen LogP contribution in [0.4, 0.5) is 8.78 Å². The molecule has 2 nitrogen and oxygen atoms in total. The highest BCUT2D eigenvalue weighted by Gasteiger charge is 2.41. The molecule has 1 heterocycles. The molecule has 2 aliphatic rings. The Labute approximate surface area is 124 Å². The summed E-state index contributed by atoms with van der Waals surface area (Å²) < 4.78 is 33.3. The Kier molecular flexibility index (Phi) is 4.27. The van der Waals surface area contributed by atoms with Gasteiger partial charge in [0.25, 0.3) is 0 Å². The highest BCUT2D eigenvalue weighted by Crippen LogP contribution is 2.41. The summed E-state index contributed by atoms with van der Waals surface area (Å²) >= 11 is 0. The predicted molar refractivity (Wildman–Crippen MR) is 78.0 cm³/mol. The zero-order chi connectivity index (χ0) is 14.9. The average molecular weight is 295 g/mol. The smallest absolute Gasteiger partial charge is 0.131 e. The minimum Gasteiger partial charge on any atom is -0.364 e. The van der Waals surface area contributed by atoms with E-state index in [2.05, 4.69) is 12.2 Å². The fourth-order valence-electron chi connectivity index (χ4n) is 3.66. The second-order valence-corrected chi connectivity index (χ2v) is 6.44. The topological polar surface area (TPSA) is 21.3 Å². The van der Waals surface area contributed by atoms with E-state index in [1.165, 1.54) is 31.4 Å². The van der Waals surface area contributed by atoms with E-state index in [1.807, 2.05) is 0 Å². The summed E-state index contributed by atoms with van der Waals surface area (Å²) in [5, 5.41) is 3.38. The lowest BCUT2D eigenvalue weighted by Crippen LogP contribution is -2.52. The molecule has 1 saturated heterocycles. The molecule has 0 aromatic heterocycles. The van der Waals surface area contributed by atoms with Crippen molar-refractivity contribution in [1.29, 1.82) is 0 Å². The summed E-state index contributed by atoms with van der Waals surface area (Å²) in [5.74, 6) is -0.263. The van der Waals surface area contributed by atoms with Gasteiger partial charge in [-0.05, 0) is 37.7 Å². The molecular weight excluding hydrogens is 272 g/mol. The normalized spacial score (nSPS) is 33.3. The number of benzene rings is 1. The van der Waals surface area contributed by atoms with Gasteiger partial charge in [-0.25, -0.2) is 8.78 Å². The van der Waals surface area contributed by atoms with Crippen molar-refractivity contribution in [2.75, 3.05) is 13.1 Å². The Morgan fingerprint density at radius 1 is 1.29 bits per heavy atom. The molecule has 1 aromatic rings. The van der Waals surface area contributed by atoms with Gasteiger partial charge in [0.05, 0.1) is 11.7 Å². The SMILES string of the molecule is CCC1CCC2(CC1)CNCC(c1ccc(F)cc1F)O2. The number of morpholine rings is 1. The van der Waals surface area contributed by atoms with Crippen molar-refractivity contribution < 1.29 is 13.5 Å². The van der Waals surface area contributed by atoms with E-state index in [-0.39, 0.29) is 11.7 Å². The van der Waals surface area contributed by atoms with Gasteiger partial charge in [0.2, 0.25) is 0 Å². The maximum Gasteiger partial charge on any atom is 0.131 e. The third kappa shape index (κ3) is 3.11. The van der Waals surface area contributed by atoms with Gasteiger partial charge in [-0.2, -0.15) is 0 Å². The van der Waals surface area contributed by atoms with Crippen molar-refractivity contribution in [3.8, 4) is 0 Å². The van der Waals surface area contributed by atoms with Crippen LogP contribution >= 0.6 is 0 Å². The van der Waals surface area contributed by atoms with Gasteiger partial charge < -0.3 is 10.1 Å². The average Bonchev–Trinajstić information content (AvgIpc) is 2.48. The van der Waals surface area contributed by atoms with Crippen molar-refractivity contribution in [1.82, 2.24) is 5.32 Å². The van der Waals surface area contributed by atoms with E-state index >= 15 is 0 Å². The fourth-order valence-corrected chi connectivity index (χ4v) is 3.66. The van der Waals surface area contributed by atoms with Crippen molar-refractivity contribution in [3.05, 3.63) is 35.4 Å². The van der Waals surface area contributed by atoms with Crippen LogP contribution in [0.3, 0.4) is 0 Å². The standard InChI is InChI=1S/C17H23F2NO/c1-2-12-5-7-17(8-6-12)11-20-10-16(21-17)14-4-3-13(18)9-15(14)19/h3-4,9,12,16,20H,2,5-8,10-11H2,1H3. The van der Waals surface area contributed by atoms with E-state index in [9.17, 15) is 8.78 Å². The van der Waals surface area contributed by atoms with E-state index in [4.69, 9.17) is 4.74 Å². The van der Waals surface area contributed by atoms with Crippen LogP contribution in [0.1, 0.15) is 50.7 Å². The van der Waals surface area contributed by atoms with Gasteiger partial charge in [0.1, 0.15) is 11.6 Å². The van der Waals surface area contributed by atoms with Gasteiger partial charge in [-0.15, -0.1) is 0 Å². The summed E-state index contributed by atoms with van der Waals surface area (Å²) in [7, 11) is 0. The van der Waals surface area contributed by atoms with Crippen LogP contribution in [0.2, 0.25) is 0 Å². The zero-order valence-electron chi connectivity index (χ0n) is 12.5. The van der Waals surface area contributed by atoms with Gasteiger partial charge in [0, 0.05) is 24.7 Å².